The molecule has 1 aromatic heterocycles. The molecule has 0 atom stereocenters. The second kappa shape index (κ2) is 5.89. The Balaban J connectivity index is 1.94. The van der Waals surface area contributed by atoms with Crippen LogP contribution in [-0.2, 0) is 30.3 Å². The third-order valence-corrected chi connectivity index (χ3v) is 2.28. The molecule has 2 rings (SSSR count). The molecule has 8 nitrogen and oxygen atoms in total. The van der Waals surface area contributed by atoms with Crippen molar-refractivity contribution in [1.29, 1.82) is 0 Å². The van der Waals surface area contributed by atoms with Gasteiger partial charge in [-0.05, 0) is 0 Å². The highest BCUT2D eigenvalue weighted by Gasteiger charge is 2.16. The zero-order valence-electron chi connectivity index (χ0n) is 10.3. The molecule has 0 fully saturated rings. The van der Waals surface area contributed by atoms with Crippen LogP contribution in [0.5, 0.6) is 0 Å². The molecule has 0 spiro atoms. The van der Waals surface area contributed by atoms with Crippen LogP contribution >= 0.6 is 0 Å². The SMILES string of the molecule is COC(=O)Cn1cc(NC(=O)C2=COCCO2)cn1. The zero-order chi connectivity index (χ0) is 13.7. The first-order valence-electron chi connectivity index (χ1n) is 5.54. The van der Waals surface area contributed by atoms with Gasteiger partial charge in [-0.25, -0.2) is 0 Å². The van der Waals surface area contributed by atoms with Crippen LogP contribution in [0.3, 0.4) is 0 Å². The van der Waals surface area contributed by atoms with E-state index in [4.69, 9.17) is 9.47 Å². The van der Waals surface area contributed by atoms with E-state index in [1.807, 2.05) is 0 Å². The molecule has 102 valence electrons. The summed E-state index contributed by atoms with van der Waals surface area (Å²) in [7, 11) is 1.29. The number of carbonyl (C=O) groups excluding carboxylic acids is 2. The van der Waals surface area contributed by atoms with Crippen molar-refractivity contribution in [2.75, 3.05) is 25.6 Å². The van der Waals surface area contributed by atoms with Gasteiger partial charge in [0.1, 0.15) is 26.0 Å². The number of hydrogen-bond donors (Lipinski definition) is 1. The first-order valence-corrected chi connectivity index (χ1v) is 5.54. The van der Waals surface area contributed by atoms with Gasteiger partial charge in [-0.2, -0.15) is 5.10 Å². The number of hydrogen-bond acceptors (Lipinski definition) is 6. The molecule has 0 unspecified atom stereocenters. The van der Waals surface area contributed by atoms with Crippen LogP contribution < -0.4 is 5.32 Å². The van der Waals surface area contributed by atoms with Crippen molar-refractivity contribution >= 4 is 17.6 Å². The second-order valence-electron chi connectivity index (χ2n) is 3.66. The van der Waals surface area contributed by atoms with E-state index < -0.39 is 11.9 Å². The summed E-state index contributed by atoms with van der Waals surface area (Å²) in [6.07, 6.45) is 4.20. The van der Waals surface area contributed by atoms with Crippen LogP contribution in [0.1, 0.15) is 0 Å². The number of nitrogens with one attached hydrogen (secondary N) is 1. The van der Waals surface area contributed by atoms with Crippen molar-refractivity contribution in [1.82, 2.24) is 9.78 Å². The maximum atomic E-state index is 11.7. The molecule has 0 saturated carbocycles. The van der Waals surface area contributed by atoms with E-state index in [0.717, 1.165) is 0 Å². The molecule has 0 radical (unpaired) electrons. The average Bonchev–Trinajstić information content (AvgIpc) is 2.86. The monoisotopic (exact) mass is 267 g/mol. The Labute approximate surface area is 108 Å². The number of rotatable bonds is 4. The molecule has 1 aromatic rings. The van der Waals surface area contributed by atoms with E-state index in [-0.39, 0.29) is 12.3 Å². The van der Waals surface area contributed by atoms with Gasteiger partial charge in [0, 0.05) is 6.20 Å². The molecule has 19 heavy (non-hydrogen) atoms. The van der Waals surface area contributed by atoms with Crippen molar-refractivity contribution in [3.63, 3.8) is 0 Å². The fourth-order valence-electron chi connectivity index (χ4n) is 1.39. The molecule has 1 amide bonds. The smallest absolute Gasteiger partial charge is 0.327 e. The lowest BCUT2D eigenvalue weighted by Crippen LogP contribution is -2.20. The first kappa shape index (κ1) is 12.9. The lowest BCUT2D eigenvalue weighted by atomic mass is 10.4. The van der Waals surface area contributed by atoms with Crippen molar-refractivity contribution < 1.29 is 23.8 Å². The fraction of sp³-hybridized carbons (Fsp3) is 0.364. The van der Waals surface area contributed by atoms with Crippen molar-refractivity contribution in [2.45, 2.75) is 6.54 Å². The molecular formula is C11H13N3O5. The lowest BCUT2D eigenvalue weighted by Gasteiger charge is -2.14. The predicted octanol–water partition coefficient (Wildman–Crippen LogP) is -0.117. The Bertz CT molecular complexity index is 508. The van der Waals surface area contributed by atoms with E-state index in [1.165, 1.54) is 30.4 Å². The Hall–Kier alpha value is -2.51. The topological polar surface area (TPSA) is 91.7 Å². The maximum Gasteiger partial charge on any atom is 0.327 e. The highest BCUT2D eigenvalue weighted by molar-refractivity contribution is 6.01. The number of carbonyl (C=O) groups is 2. The van der Waals surface area contributed by atoms with Crippen LogP contribution in [0.25, 0.3) is 0 Å². The molecule has 2 heterocycles. The largest absolute Gasteiger partial charge is 0.494 e. The Kier molecular flexibility index (Phi) is 4.01. The quantitative estimate of drug-likeness (QED) is 0.765. The number of aromatic nitrogens is 2. The van der Waals surface area contributed by atoms with Gasteiger partial charge in [-0.15, -0.1) is 0 Å². The second-order valence-corrected chi connectivity index (χ2v) is 3.66. The Morgan fingerprint density at radius 3 is 3.05 bits per heavy atom. The van der Waals surface area contributed by atoms with Crippen LogP contribution in [-0.4, -0.2) is 42.0 Å². The number of methoxy groups -OCH3 is 1. The summed E-state index contributed by atoms with van der Waals surface area (Å²) in [6.45, 7) is 0.739. The van der Waals surface area contributed by atoms with Crippen LogP contribution in [0.15, 0.2) is 24.4 Å². The van der Waals surface area contributed by atoms with Gasteiger partial charge in [-0.3, -0.25) is 14.3 Å². The number of ether oxygens (including phenoxy) is 3. The molecular weight excluding hydrogens is 254 g/mol. The van der Waals surface area contributed by atoms with E-state index in [1.54, 1.807) is 0 Å². The van der Waals surface area contributed by atoms with Gasteiger partial charge in [-0.1, -0.05) is 0 Å². The molecule has 1 aliphatic heterocycles. The summed E-state index contributed by atoms with van der Waals surface area (Å²) in [4.78, 5) is 22.8. The first-order chi connectivity index (χ1) is 9.19. The minimum atomic E-state index is -0.433. The maximum absolute atomic E-state index is 11.7. The van der Waals surface area contributed by atoms with Crippen LogP contribution in [0.4, 0.5) is 5.69 Å². The molecule has 0 saturated heterocycles. The normalized spacial score (nSPS) is 13.8. The highest BCUT2D eigenvalue weighted by atomic mass is 16.6. The summed E-state index contributed by atoms with van der Waals surface area (Å²) in [5, 5.41) is 6.49. The third kappa shape index (κ3) is 3.47. The number of esters is 1. The summed E-state index contributed by atoms with van der Waals surface area (Å²) >= 11 is 0. The van der Waals surface area contributed by atoms with Crippen LogP contribution in [0, 0.1) is 0 Å². The molecule has 8 heteroatoms. The van der Waals surface area contributed by atoms with Crippen molar-refractivity contribution in [3.8, 4) is 0 Å². The number of anilines is 1. The predicted molar refractivity (Wildman–Crippen MR) is 62.9 cm³/mol. The van der Waals surface area contributed by atoms with Gasteiger partial charge in [0.25, 0.3) is 5.91 Å². The van der Waals surface area contributed by atoms with Gasteiger partial charge in [0.05, 0.1) is 19.0 Å². The average molecular weight is 267 g/mol. The van der Waals surface area contributed by atoms with Gasteiger partial charge >= 0.3 is 5.97 Å². The molecule has 1 N–H and O–H groups in total. The Morgan fingerprint density at radius 2 is 2.37 bits per heavy atom. The molecule has 0 bridgehead atoms. The van der Waals surface area contributed by atoms with Crippen molar-refractivity contribution in [2.24, 2.45) is 0 Å². The fourth-order valence-corrected chi connectivity index (χ4v) is 1.39. The molecule has 1 aliphatic rings. The summed E-state index contributed by atoms with van der Waals surface area (Å²) < 4.78 is 16.0. The third-order valence-electron chi connectivity index (χ3n) is 2.28. The van der Waals surface area contributed by atoms with E-state index in [9.17, 15) is 9.59 Å². The minimum Gasteiger partial charge on any atom is -0.494 e. The zero-order valence-corrected chi connectivity index (χ0v) is 10.3. The summed E-state index contributed by atoms with van der Waals surface area (Å²) in [6, 6.07) is 0. The summed E-state index contributed by atoms with van der Waals surface area (Å²) in [5.74, 6) is -0.753. The van der Waals surface area contributed by atoms with Crippen LogP contribution in [0.2, 0.25) is 0 Å². The van der Waals surface area contributed by atoms with Gasteiger partial charge in [0.2, 0.25) is 5.76 Å². The highest BCUT2D eigenvalue weighted by Crippen LogP contribution is 2.10. The van der Waals surface area contributed by atoms with E-state index in [2.05, 4.69) is 15.2 Å². The molecule has 0 aromatic carbocycles. The van der Waals surface area contributed by atoms with Gasteiger partial charge in [0.15, 0.2) is 0 Å². The Morgan fingerprint density at radius 1 is 1.53 bits per heavy atom. The van der Waals surface area contributed by atoms with E-state index >= 15 is 0 Å². The van der Waals surface area contributed by atoms with Crippen molar-refractivity contribution in [3.05, 3.63) is 24.4 Å². The number of amides is 1. The minimum absolute atomic E-state index is 0.0192. The standard InChI is InChI=1S/C11H13N3O5/c1-17-10(15)6-14-5-8(4-12-14)13-11(16)9-7-18-2-3-19-9/h4-5,7H,2-3,6H2,1H3,(H,13,16). The summed E-state index contributed by atoms with van der Waals surface area (Å²) in [5.41, 5.74) is 0.448. The number of nitrogens with zero attached hydrogens (tertiary/aromatic N) is 2. The lowest BCUT2D eigenvalue weighted by molar-refractivity contribution is -0.141. The van der Waals surface area contributed by atoms with E-state index in [0.29, 0.717) is 18.9 Å². The molecule has 0 aliphatic carbocycles. The van der Waals surface area contributed by atoms with Gasteiger partial charge < -0.3 is 19.5 Å².